The summed E-state index contributed by atoms with van der Waals surface area (Å²) in [6.07, 6.45) is 1.15. The van der Waals surface area contributed by atoms with Gasteiger partial charge in [-0.2, -0.15) is 0 Å². The molecule has 4 N–H and O–H groups in total. The van der Waals surface area contributed by atoms with Crippen LogP contribution >= 0.6 is 23.4 Å². The van der Waals surface area contributed by atoms with E-state index in [1.165, 1.54) is 23.4 Å². The predicted molar refractivity (Wildman–Crippen MR) is 128 cm³/mol. The van der Waals surface area contributed by atoms with Gasteiger partial charge in [-0.15, -0.1) is 0 Å². The van der Waals surface area contributed by atoms with Crippen molar-refractivity contribution in [2.45, 2.75) is 18.2 Å². The van der Waals surface area contributed by atoms with E-state index in [1.54, 1.807) is 23.4 Å². The van der Waals surface area contributed by atoms with Gasteiger partial charge < -0.3 is 21.1 Å². The van der Waals surface area contributed by atoms with E-state index < -0.39 is 12.0 Å². The number of rotatable bonds is 4. The molecule has 0 saturated carbocycles. The van der Waals surface area contributed by atoms with Gasteiger partial charge in [-0.3, -0.25) is 9.80 Å². The van der Waals surface area contributed by atoms with Crippen LogP contribution in [0.2, 0.25) is 5.02 Å². The van der Waals surface area contributed by atoms with Crippen molar-refractivity contribution in [3.63, 3.8) is 0 Å². The Labute approximate surface area is 195 Å². The number of nitrogens with zero attached hydrogens (tertiary/aromatic N) is 4. The SMILES string of the molecule is NC1C2=C(N=CN1c1ccc(F)c(Cl)c1)N(c1cccc(CN3CCOCC3)c1)C(N)S2. The molecule has 3 aliphatic heterocycles. The molecule has 2 atom stereocenters. The van der Waals surface area contributed by atoms with Gasteiger partial charge in [0.2, 0.25) is 0 Å². The van der Waals surface area contributed by atoms with Crippen LogP contribution in [0, 0.1) is 5.82 Å². The average Bonchev–Trinajstić information content (AvgIpc) is 3.14. The van der Waals surface area contributed by atoms with Crippen molar-refractivity contribution in [2.24, 2.45) is 16.5 Å². The first-order valence-electron chi connectivity index (χ1n) is 10.4. The van der Waals surface area contributed by atoms with Crippen LogP contribution in [0.4, 0.5) is 15.8 Å². The minimum Gasteiger partial charge on any atom is -0.379 e. The van der Waals surface area contributed by atoms with Gasteiger partial charge in [0.1, 0.15) is 23.3 Å². The van der Waals surface area contributed by atoms with Crippen molar-refractivity contribution in [3.05, 3.63) is 69.6 Å². The molecule has 2 aromatic carbocycles. The Kier molecular flexibility index (Phi) is 6.11. The van der Waals surface area contributed by atoms with Gasteiger partial charge >= 0.3 is 0 Å². The second-order valence-corrected chi connectivity index (χ2v) is 9.39. The van der Waals surface area contributed by atoms with E-state index in [1.807, 2.05) is 17.0 Å². The van der Waals surface area contributed by atoms with E-state index in [0.29, 0.717) is 5.69 Å². The summed E-state index contributed by atoms with van der Waals surface area (Å²) < 4.78 is 19.0. The number of aliphatic imine (C=N–C) groups is 1. The molecule has 0 bridgehead atoms. The van der Waals surface area contributed by atoms with Gasteiger partial charge in [0.05, 0.1) is 29.5 Å². The van der Waals surface area contributed by atoms with Gasteiger partial charge in [0.25, 0.3) is 0 Å². The third-order valence-electron chi connectivity index (χ3n) is 5.72. The second-order valence-electron chi connectivity index (χ2n) is 7.82. The monoisotopic (exact) mass is 474 g/mol. The maximum absolute atomic E-state index is 13.6. The lowest BCUT2D eigenvalue weighted by Crippen LogP contribution is -2.44. The summed E-state index contributed by atoms with van der Waals surface area (Å²) in [4.78, 5) is 11.7. The predicted octanol–water partition coefficient (Wildman–Crippen LogP) is 3.11. The highest BCUT2D eigenvalue weighted by molar-refractivity contribution is 8.04. The second kappa shape index (κ2) is 9.01. The van der Waals surface area contributed by atoms with Crippen LogP contribution in [-0.4, -0.2) is 49.2 Å². The first-order valence-corrected chi connectivity index (χ1v) is 11.6. The van der Waals surface area contributed by atoms with Crippen molar-refractivity contribution in [1.82, 2.24) is 4.90 Å². The van der Waals surface area contributed by atoms with Crippen LogP contribution in [-0.2, 0) is 11.3 Å². The van der Waals surface area contributed by atoms with E-state index in [4.69, 9.17) is 27.8 Å². The van der Waals surface area contributed by atoms with Gasteiger partial charge in [-0.25, -0.2) is 9.38 Å². The molecule has 7 nitrogen and oxygen atoms in total. The van der Waals surface area contributed by atoms with Gasteiger partial charge in [-0.05, 0) is 35.9 Å². The molecule has 5 rings (SSSR count). The standard InChI is InChI=1S/C22H24ClFN6OS/c23-17-11-15(4-5-18(17)24)29-13-27-21-19(20(29)25)32-22(26)30(21)16-3-1-2-14(10-16)12-28-6-8-31-9-7-28/h1-5,10-11,13,20,22H,6-9,12,25-26H2. The van der Waals surface area contributed by atoms with E-state index in [2.05, 4.69) is 22.0 Å². The fraction of sp³-hybridized carbons (Fsp3) is 0.318. The van der Waals surface area contributed by atoms with Crippen molar-refractivity contribution in [1.29, 1.82) is 0 Å². The summed E-state index contributed by atoms with van der Waals surface area (Å²) in [5, 5.41) is 0.0392. The number of nitrogens with two attached hydrogens (primary N) is 2. The fourth-order valence-electron chi connectivity index (χ4n) is 4.08. The van der Waals surface area contributed by atoms with Crippen LogP contribution < -0.4 is 21.3 Å². The van der Waals surface area contributed by atoms with Crippen molar-refractivity contribution in [2.75, 3.05) is 36.1 Å². The molecule has 1 fully saturated rings. The Balaban J connectivity index is 1.39. The number of halogens is 2. The van der Waals surface area contributed by atoms with Crippen LogP contribution in [0.3, 0.4) is 0 Å². The summed E-state index contributed by atoms with van der Waals surface area (Å²) in [7, 11) is 0. The van der Waals surface area contributed by atoms with E-state index in [0.717, 1.165) is 49.3 Å². The number of hydrogen-bond acceptors (Lipinski definition) is 8. The highest BCUT2D eigenvalue weighted by atomic mass is 35.5. The number of ether oxygens (including phenoxy) is 1. The third-order valence-corrected chi connectivity index (χ3v) is 7.14. The molecular formula is C22H24ClFN6OS. The average molecular weight is 475 g/mol. The van der Waals surface area contributed by atoms with Crippen LogP contribution in [0.25, 0.3) is 0 Å². The van der Waals surface area contributed by atoms with Gasteiger partial charge in [0, 0.05) is 31.0 Å². The maximum Gasteiger partial charge on any atom is 0.150 e. The largest absolute Gasteiger partial charge is 0.379 e. The molecule has 10 heteroatoms. The van der Waals surface area contributed by atoms with Crippen molar-refractivity contribution >= 4 is 41.1 Å². The van der Waals surface area contributed by atoms with Crippen molar-refractivity contribution < 1.29 is 9.13 Å². The molecule has 1 saturated heterocycles. The van der Waals surface area contributed by atoms with Crippen LogP contribution in [0.15, 0.2) is 58.2 Å². The molecule has 3 heterocycles. The van der Waals surface area contributed by atoms with Crippen molar-refractivity contribution in [3.8, 4) is 0 Å². The molecule has 168 valence electrons. The quantitative estimate of drug-likeness (QED) is 0.704. The van der Waals surface area contributed by atoms with Gasteiger partial charge in [0.15, 0.2) is 0 Å². The minimum absolute atomic E-state index is 0.0392. The lowest BCUT2D eigenvalue weighted by Gasteiger charge is -2.31. The first kappa shape index (κ1) is 21.7. The summed E-state index contributed by atoms with van der Waals surface area (Å²) in [5.74, 6) is 0.265. The zero-order valence-corrected chi connectivity index (χ0v) is 18.9. The van der Waals surface area contributed by atoms with Crippen LogP contribution in [0.5, 0.6) is 0 Å². The Morgan fingerprint density at radius 1 is 1.12 bits per heavy atom. The lowest BCUT2D eigenvalue weighted by atomic mass is 10.1. The summed E-state index contributed by atoms with van der Waals surface area (Å²) >= 11 is 7.44. The normalized spacial score (nSPS) is 23.8. The molecular weight excluding hydrogens is 451 g/mol. The Morgan fingerprint density at radius 2 is 1.94 bits per heavy atom. The maximum atomic E-state index is 13.6. The molecule has 2 unspecified atom stereocenters. The van der Waals surface area contributed by atoms with Gasteiger partial charge in [-0.1, -0.05) is 35.5 Å². The molecule has 32 heavy (non-hydrogen) atoms. The number of morpholine rings is 1. The van der Waals surface area contributed by atoms with E-state index in [-0.39, 0.29) is 10.5 Å². The lowest BCUT2D eigenvalue weighted by molar-refractivity contribution is 0.0342. The molecule has 2 aromatic rings. The molecule has 0 aliphatic carbocycles. The fourth-order valence-corrected chi connectivity index (χ4v) is 5.35. The molecule has 0 aromatic heterocycles. The topological polar surface area (TPSA) is 83.3 Å². The zero-order valence-electron chi connectivity index (χ0n) is 17.3. The zero-order chi connectivity index (χ0) is 22.2. The smallest absolute Gasteiger partial charge is 0.150 e. The minimum atomic E-state index is -0.499. The highest BCUT2D eigenvalue weighted by Crippen LogP contribution is 2.43. The Hall–Kier alpha value is -2.14. The highest BCUT2D eigenvalue weighted by Gasteiger charge is 2.38. The van der Waals surface area contributed by atoms with Crippen LogP contribution in [0.1, 0.15) is 5.56 Å². The molecule has 0 amide bonds. The third kappa shape index (κ3) is 4.12. The van der Waals surface area contributed by atoms with E-state index >= 15 is 0 Å². The number of anilines is 2. The number of hydrogen-bond donors (Lipinski definition) is 2. The Morgan fingerprint density at radius 3 is 2.72 bits per heavy atom. The first-order chi connectivity index (χ1) is 15.5. The summed E-state index contributed by atoms with van der Waals surface area (Å²) in [6, 6.07) is 12.8. The molecule has 3 aliphatic rings. The molecule has 0 radical (unpaired) electrons. The summed E-state index contributed by atoms with van der Waals surface area (Å²) in [6.45, 7) is 4.26. The van der Waals surface area contributed by atoms with E-state index in [9.17, 15) is 4.39 Å². The molecule has 0 spiro atoms. The number of benzene rings is 2. The summed E-state index contributed by atoms with van der Waals surface area (Å²) in [5.41, 5.74) is 15.6. The number of thioether (sulfide) groups is 1. The Bertz CT molecular complexity index is 1080.